The van der Waals surface area contributed by atoms with Gasteiger partial charge in [-0.2, -0.15) is 0 Å². The van der Waals surface area contributed by atoms with Crippen molar-refractivity contribution in [2.45, 2.75) is 20.4 Å². The van der Waals surface area contributed by atoms with Crippen LogP contribution < -0.4 is 10.6 Å². The Morgan fingerprint density at radius 1 is 1.38 bits per heavy atom. The molecule has 5 heteroatoms. The maximum Gasteiger partial charge on any atom is 0.338 e. The van der Waals surface area contributed by atoms with Crippen molar-refractivity contribution in [2.24, 2.45) is 0 Å². The first-order valence-electron chi connectivity index (χ1n) is 6.83. The van der Waals surface area contributed by atoms with Crippen LogP contribution in [-0.4, -0.2) is 19.6 Å². The number of hydrogen-bond acceptors (Lipinski definition) is 5. The Labute approximate surface area is 124 Å². The lowest BCUT2D eigenvalue weighted by Crippen LogP contribution is -2.18. The van der Waals surface area contributed by atoms with E-state index in [1.807, 2.05) is 31.0 Å². The average molecular weight is 288 g/mol. The van der Waals surface area contributed by atoms with E-state index in [0.717, 1.165) is 17.0 Å². The van der Waals surface area contributed by atoms with Crippen LogP contribution in [0.3, 0.4) is 0 Å². The first kappa shape index (κ1) is 15.0. The van der Waals surface area contributed by atoms with Gasteiger partial charge in [-0.05, 0) is 38.1 Å². The Kier molecular flexibility index (Phi) is 4.52. The summed E-state index contributed by atoms with van der Waals surface area (Å²) in [6, 6.07) is 7.14. The van der Waals surface area contributed by atoms with Gasteiger partial charge in [0.1, 0.15) is 5.76 Å². The van der Waals surface area contributed by atoms with Crippen molar-refractivity contribution in [3.63, 3.8) is 0 Å². The van der Waals surface area contributed by atoms with Crippen molar-refractivity contribution in [3.8, 4) is 0 Å². The zero-order chi connectivity index (χ0) is 15.4. The van der Waals surface area contributed by atoms with Crippen molar-refractivity contribution >= 4 is 17.3 Å². The molecule has 0 saturated heterocycles. The van der Waals surface area contributed by atoms with Crippen LogP contribution >= 0.6 is 0 Å². The van der Waals surface area contributed by atoms with Crippen LogP contribution in [0.4, 0.5) is 11.4 Å². The summed E-state index contributed by atoms with van der Waals surface area (Å²) in [5.74, 6) is 0.535. The third-order valence-electron chi connectivity index (χ3n) is 3.32. The molecule has 0 spiro atoms. The van der Waals surface area contributed by atoms with Crippen LogP contribution in [0.2, 0.25) is 0 Å². The largest absolute Gasteiger partial charge is 0.469 e. The molecular weight excluding hydrogens is 268 g/mol. The lowest BCUT2D eigenvalue weighted by molar-refractivity contribution is 0.0526. The minimum absolute atomic E-state index is 0.347. The number of nitrogen functional groups attached to an aromatic ring is 1. The number of carbonyl (C=O) groups excluding carboxylic acids is 1. The van der Waals surface area contributed by atoms with Gasteiger partial charge >= 0.3 is 5.97 Å². The maximum absolute atomic E-state index is 11.7. The fourth-order valence-electron chi connectivity index (χ4n) is 2.16. The molecule has 5 nitrogen and oxygen atoms in total. The topological polar surface area (TPSA) is 68.7 Å². The first-order chi connectivity index (χ1) is 10.0. The Balaban J connectivity index is 2.17. The normalized spacial score (nSPS) is 10.4. The predicted octanol–water partition coefficient (Wildman–Crippen LogP) is 2.98. The van der Waals surface area contributed by atoms with E-state index in [4.69, 9.17) is 14.9 Å². The number of nitrogens with zero attached hydrogens (tertiary/aromatic N) is 1. The van der Waals surface area contributed by atoms with Crippen LogP contribution in [0.5, 0.6) is 0 Å². The Morgan fingerprint density at radius 2 is 2.14 bits per heavy atom. The minimum Gasteiger partial charge on any atom is -0.469 e. The number of rotatable bonds is 5. The van der Waals surface area contributed by atoms with E-state index < -0.39 is 0 Å². The molecular formula is C16H20N2O3. The quantitative estimate of drug-likeness (QED) is 0.676. The zero-order valence-corrected chi connectivity index (χ0v) is 12.6. The van der Waals surface area contributed by atoms with Crippen molar-refractivity contribution in [1.82, 2.24) is 0 Å². The SMILES string of the molecule is CCOC(=O)c1ccc(N(C)Cc2ccoc2C)c(N)c1. The van der Waals surface area contributed by atoms with Gasteiger partial charge in [0.2, 0.25) is 0 Å². The summed E-state index contributed by atoms with van der Waals surface area (Å²) >= 11 is 0. The zero-order valence-electron chi connectivity index (χ0n) is 12.6. The summed E-state index contributed by atoms with van der Waals surface area (Å²) in [7, 11) is 1.95. The lowest BCUT2D eigenvalue weighted by atomic mass is 10.1. The van der Waals surface area contributed by atoms with Crippen LogP contribution in [0.15, 0.2) is 34.9 Å². The highest BCUT2D eigenvalue weighted by molar-refractivity contribution is 5.92. The van der Waals surface area contributed by atoms with Gasteiger partial charge in [-0.1, -0.05) is 0 Å². The number of nitrogens with two attached hydrogens (primary N) is 1. The number of aryl methyl sites for hydroxylation is 1. The minimum atomic E-state index is -0.357. The Bertz CT molecular complexity index is 634. The second-order valence-corrected chi connectivity index (χ2v) is 4.85. The lowest BCUT2D eigenvalue weighted by Gasteiger charge is -2.21. The summed E-state index contributed by atoms with van der Waals surface area (Å²) in [6.45, 7) is 4.73. The average Bonchev–Trinajstić information content (AvgIpc) is 2.84. The second-order valence-electron chi connectivity index (χ2n) is 4.85. The maximum atomic E-state index is 11.7. The number of furan rings is 1. The first-order valence-corrected chi connectivity index (χ1v) is 6.83. The molecule has 0 unspecified atom stereocenters. The molecule has 0 amide bonds. The van der Waals surface area contributed by atoms with Crippen LogP contribution in [0.25, 0.3) is 0 Å². The highest BCUT2D eigenvalue weighted by Gasteiger charge is 2.12. The smallest absolute Gasteiger partial charge is 0.338 e. The van der Waals surface area contributed by atoms with Crippen molar-refractivity contribution in [3.05, 3.63) is 47.4 Å². The van der Waals surface area contributed by atoms with E-state index >= 15 is 0 Å². The van der Waals surface area contributed by atoms with Gasteiger partial charge in [0, 0.05) is 19.2 Å². The molecule has 0 atom stereocenters. The molecule has 0 saturated carbocycles. The summed E-state index contributed by atoms with van der Waals surface area (Å²) in [5.41, 5.74) is 9.03. The van der Waals surface area contributed by atoms with E-state index in [1.54, 1.807) is 25.3 Å². The molecule has 0 bridgehead atoms. The van der Waals surface area contributed by atoms with Crippen LogP contribution in [0, 0.1) is 6.92 Å². The van der Waals surface area contributed by atoms with Crippen LogP contribution in [0.1, 0.15) is 28.6 Å². The molecule has 0 radical (unpaired) electrons. The molecule has 2 N–H and O–H groups in total. The van der Waals surface area contributed by atoms with E-state index in [1.165, 1.54) is 0 Å². The van der Waals surface area contributed by atoms with E-state index in [9.17, 15) is 4.79 Å². The van der Waals surface area contributed by atoms with Crippen molar-refractivity contribution in [2.75, 3.05) is 24.3 Å². The number of benzene rings is 1. The number of anilines is 2. The monoisotopic (exact) mass is 288 g/mol. The molecule has 2 rings (SSSR count). The molecule has 0 aliphatic rings. The molecule has 0 aliphatic carbocycles. The molecule has 0 aliphatic heterocycles. The third-order valence-corrected chi connectivity index (χ3v) is 3.32. The molecule has 2 aromatic rings. The molecule has 1 aromatic carbocycles. The molecule has 1 heterocycles. The van der Waals surface area contributed by atoms with Gasteiger partial charge < -0.3 is 19.8 Å². The van der Waals surface area contributed by atoms with E-state index in [-0.39, 0.29) is 5.97 Å². The highest BCUT2D eigenvalue weighted by atomic mass is 16.5. The third kappa shape index (κ3) is 3.37. The number of hydrogen-bond donors (Lipinski definition) is 1. The van der Waals surface area contributed by atoms with Gasteiger partial charge in [0.05, 0.1) is 29.8 Å². The highest BCUT2D eigenvalue weighted by Crippen LogP contribution is 2.26. The van der Waals surface area contributed by atoms with Gasteiger partial charge in [-0.3, -0.25) is 0 Å². The van der Waals surface area contributed by atoms with E-state index in [0.29, 0.717) is 24.4 Å². The Morgan fingerprint density at radius 3 is 2.71 bits per heavy atom. The summed E-state index contributed by atoms with van der Waals surface area (Å²) in [5, 5.41) is 0. The summed E-state index contributed by atoms with van der Waals surface area (Å²) < 4.78 is 10.3. The van der Waals surface area contributed by atoms with E-state index in [2.05, 4.69) is 0 Å². The summed E-state index contributed by atoms with van der Waals surface area (Å²) in [6.07, 6.45) is 1.67. The van der Waals surface area contributed by atoms with Crippen molar-refractivity contribution in [1.29, 1.82) is 0 Å². The van der Waals surface area contributed by atoms with Gasteiger partial charge in [-0.25, -0.2) is 4.79 Å². The molecule has 0 fully saturated rings. The Hall–Kier alpha value is -2.43. The fraction of sp³-hybridized carbons (Fsp3) is 0.312. The van der Waals surface area contributed by atoms with Gasteiger partial charge in [-0.15, -0.1) is 0 Å². The van der Waals surface area contributed by atoms with Gasteiger partial charge in [0.25, 0.3) is 0 Å². The number of esters is 1. The van der Waals surface area contributed by atoms with Gasteiger partial charge in [0.15, 0.2) is 0 Å². The molecule has 1 aromatic heterocycles. The second kappa shape index (κ2) is 6.35. The molecule has 21 heavy (non-hydrogen) atoms. The van der Waals surface area contributed by atoms with Crippen LogP contribution in [-0.2, 0) is 11.3 Å². The predicted molar refractivity (Wildman–Crippen MR) is 82.4 cm³/mol. The standard InChI is InChI=1S/C16H20N2O3/c1-4-20-16(19)12-5-6-15(14(17)9-12)18(3)10-13-7-8-21-11(13)2/h5-9H,4,10,17H2,1-3H3. The van der Waals surface area contributed by atoms with Crippen molar-refractivity contribution < 1.29 is 13.9 Å². The molecule has 112 valence electrons. The number of carbonyl (C=O) groups is 1. The summed E-state index contributed by atoms with van der Waals surface area (Å²) in [4.78, 5) is 13.7. The fourth-order valence-corrected chi connectivity index (χ4v) is 2.16. The number of ether oxygens (including phenoxy) is 1.